The molecule has 1 saturated carbocycles. The van der Waals surface area contributed by atoms with Crippen LogP contribution in [0.1, 0.15) is 78.3 Å². The summed E-state index contributed by atoms with van der Waals surface area (Å²) < 4.78 is 5.22. The summed E-state index contributed by atoms with van der Waals surface area (Å²) in [7, 11) is 0. The molecule has 2 rings (SSSR count). The summed E-state index contributed by atoms with van der Waals surface area (Å²) in [5, 5.41) is 15.5. The second-order valence-corrected chi connectivity index (χ2v) is 9.44. The minimum atomic E-state index is -0.903. The molecule has 0 radical (unpaired) electrons. The summed E-state index contributed by atoms with van der Waals surface area (Å²) in [6.45, 7) is 8.93. The van der Waals surface area contributed by atoms with Crippen molar-refractivity contribution in [2.24, 2.45) is 0 Å². The highest BCUT2D eigenvalue weighted by Crippen LogP contribution is 2.34. The molecule has 178 valence electrons. The van der Waals surface area contributed by atoms with Gasteiger partial charge in [0.2, 0.25) is 11.8 Å². The van der Waals surface area contributed by atoms with E-state index in [0.29, 0.717) is 5.56 Å². The molecule has 0 heterocycles. The van der Waals surface area contributed by atoms with E-state index in [-0.39, 0.29) is 36.2 Å². The van der Waals surface area contributed by atoms with Crippen LogP contribution in [-0.4, -0.2) is 52.1 Å². The number of hydrogen-bond donors (Lipinski definition) is 3. The maximum absolute atomic E-state index is 13.4. The fraction of sp³-hybridized carbons (Fsp3) is 0.625. The monoisotopic (exact) mass is 447 g/mol. The number of carbonyl (C=O) groups excluding carboxylic acids is 3. The second-order valence-electron chi connectivity index (χ2n) is 9.44. The number of phenols is 1. The van der Waals surface area contributed by atoms with Gasteiger partial charge in [-0.15, -0.1) is 0 Å². The molecule has 1 aliphatic rings. The van der Waals surface area contributed by atoms with Gasteiger partial charge in [0, 0.05) is 12.1 Å². The Kier molecular flexibility index (Phi) is 8.92. The number of nitrogens with zero attached hydrogens (tertiary/aromatic N) is 1. The van der Waals surface area contributed by atoms with E-state index in [0.717, 1.165) is 32.1 Å². The molecule has 0 saturated heterocycles. The largest absolute Gasteiger partial charge is 0.508 e. The first-order valence-corrected chi connectivity index (χ1v) is 11.4. The van der Waals surface area contributed by atoms with Crippen molar-refractivity contribution >= 4 is 17.9 Å². The Balaban J connectivity index is 2.29. The first-order valence-electron chi connectivity index (χ1n) is 11.4. The molecule has 8 nitrogen and oxygen atoms in total. The molecule has 32 heavy (non-hydrogen) atoms. The van der Waals surface area contributed by atoms with Crippen LogP contribution < -0.4 is 10.6 Å². The number of aromatic hydroxyl groups is 1. The third-order valence-electron chi connectivity index (χ3n) is 5.36. The van der Waals surface area contributed by atoms with E-state index in [9.17, 15) is 19.5 Å². The summed E-state index contributed by atoms with van der Waals surface area (Å²) in [6.07, 6.45) is 3.58. The third-order valence-corrected chi connectivity index (χ3v) is 5.36. The molecule has 0 aliphatic heterocycles. The van der Waals surface area contributed by atoms with E-state index in [1.807, 2.05) is 13.8 Å². The molecule has 2 unspecified atom stereocenters. The lowest BCUT2D eigenvalue weighted by Gasteiger charge is -2.42. The molecule has 0 aromatic heterocycles. The van der Waals surface area contributed by atoms with E-state index in [2.05, 4.69) is 10.6 Å². The SMILES string of the molecule is CCCC(C)NC(=O)C(c1cccc(O)c1)N(C(=O)CNC(=O)OC(C)(C)C)C1CCC1. The zero-order valence-corrected chi connectivity index (χ0v) is 19.8. The average molecular weight is 448 g/mol. The lowest BCUT2D eigenvalue weighted by molar-refractivity contribution is -0.145. The van der Waals surface area contributed by atoms with Crippen LogP contribution in [0.2, 0.25) is 0 Å². The molecule has 2 atom stereocenters. The second kappa shape index (κ2) is 11.2. The maximum Gasteiger partial charge on any atom is 0.408 e. The van der Waals surface area contributed by atoms with Gasteiger partial charge in [-0.3, -0.25) is 9.59 Å². The Morgan fingerprint density at radius 2 is 1.94 bits per heavy atom. The normalized spacial score (nSPS) is 15.8. The highest BCUT2D eigenvalue weighted by molar-refractivity contribution is 5.91. The standard InChI is InChI=1S/C24H37N3O5/c1-6-9-16(2)26-22(30)21(17-10-7-13-19(28)14-17)27(18-11-8-12-18)20(29)15-25-23(31)32-24(3,4)5/h7,10,13-14,16,18,21,28H,6,8-9,11-12,15H2,1-5H3,(H,25,31)(H,26,30). The zero-order valence-electron chi connectivity index (χ0n) is 19.8. The number of amides is 3. The molecule has 3 N–H and O–H groups in total. The van der Waals surface area contributed by atoms with Gasteiger partial charge < -0.3 is 25.4 Å². The Morgan fingerprint density at radius 3 is 2.47 bits per heavy atom. The molecule has 1 fully saturated rings. The number of benzene rings is 1. The predicted octanol–water partition coefficient (Wildman–Crippen LogP) is 3.64. The highest BCUT2D eigenvalue weighted by Gasteiger charge is 2.39. The number of phenolic OH excluding ortho intramolecular Hbond substituents is 1. The van der Waals surface area contributed by atoms with Gasteiger partial charge in [-0.25, -0.2) is 4.79 Å². The van der Waals surface area contributed by atoms with Gasteiger partial charge in [0.25, 0.3) is 0 Å². The summed E-state index contributed by atoms with van der Waals surface area (Å²) in [5.74, 6) is -0.643. The van der Waals surface area contributed by atoms with Gasteiger partial charge in [0.1, 0.15) is 23.9 Å². The van der Waals surface area contributed by atoms with Crippen molar-refractivity contribution in [1.82, 2.24) is 15.5 Å². The average Bonchev–Trinajstić information content (AvgIpc) is 2.63. The minimum absolute atomic E-state index is 0.0230. The van der Waals surface area contributed by atoms with Crippen molar-refractivity contribution < 1.29 is 24.2 Å². The number of ether oxygens (including phenoxy) is 1. The van der Waals surface area contributed by atoms with E-state index >= 15 is 0 Å². The summed E-state index contributed by atoms with van der Waals surface area (Å²) >= 11 is 0. The highest BCUT2D eigenvalue weighted by atomic mass is 16.6. The van der Waals surface area contributed by atoms with Crippen molar-refractivity contribution in [2.45, 2.75) is 90.4 Å². The Hall–Kier alpha value is -2.77. The predicted molar refractivity (Wildman–Crippen MR) is 122 cm³/mol. The van der Waals surface area contributed by atoms with E-state index in [1.54, 1.807) is 37.8 Å². The first-order chi connectivity index (χ1) is 15.0. The van der Waals surface area contributed by atoms with Gasteiger partial charge >= 0.3 is 6.09 Å². The summed E-state index contributed by atoms with van der Waals surface area (Å²) in [6, 6.07) is 5.36. The maximum atomic E-state index is 13.4. The van der Waals surface area contributed by atoms with Crippen LogP contribution in [0.15, 0.2) is 24.3 Å². The Morgan fingerprint density at radius 1 is 1.25 bits per heavy atom. The molecule has 1 aromatic carbocycles. The smallest absolute Gasteiger partial charge is 0.408 e. The molecule has 8 heteroatoms. The van der Waals surface area contributed by atoms with Crippen LogP contribution in [0.4, 0.5) is 4.79 Å². The summed E-state index contributed by atoms with van der Waals surface area (Å²) in [5.41, 5.74) is -0.149. The van der Waals surface area contributed by atoms with Crippen LogP contribution in [0.5, 0.6) is 5.75 Å². The number of carbonyl (C=O) groups is 3. The van der Waals surface area contributed by atoms with Gasteiger partial charge in [0.15, 0.2) is 0 Å². The summed E-state index contributed by atoms with van der Waals surface area (Å²) in [4.78, 5) is 40.3. The molecule has 0 bridgehead atoms. The number of nitrogens with one attached hydrogen (secondary N) is 2. The van der Waals surface area contributed by atoms with Crippen LogP contribution >= 0.6 is 0 Å². The lowest BCUT2D eigenvalue weighted by Crippen LogP contribution is -2.54. The van der Waals surface area contributed by atoms with Gasteiger partial charge in [0.05, 0.1) is 0 Å². The first kappa shape index (κ1) is 25.5. The van der Waals surface area contributed by atoms with Crippen molar-refractivity contribution in [3.05, 3.63) is 29.8 Å². The topological polar surface area (TPSA) is 108 Å². The van der Waals surface area contributed by atoms with Gasteiger partial charge in [-0.05, 0) is 71.1 Å². The van der Waals surface area contributed by atoms with Crippen molar-refractivity contribution in [3.63, 3.8) is 0 Å². The number of hydrogen-bond acceptors (Lipinski definition) is 5. The van der Waals surface area contributed by atoms with E-state index < -0.39 is 17.7 Å². The molecule has 0 spiro atoms. The quantitative estimate of drug-likeness (QED) is 0.536. The van der Waals surface area contributed by atoms with Crippen LogP contribution in [0, 0.1) is 0 Å². The fourth-order valence-electron chi connectivity index (χ4n) is 3.74. The number of rotatable bonds is 9. The van der Waals surface area contributed by atoms with Crippen LogP contribution in [-0.2, 0) is 14.3 Å². The fourth-order valence-corrected chi connectivity index (χ4v) is 3.74. The lowest BCUT2D eigenvalue weighted by atomic mass is 9.88. The van der Waals surface area contributed by atoms with Crippen LogP contribution in [0.25, 0.3) is 0 Å². The molecule has 3 amide bonds. The van der Waals surface area contributed by atoms with E-state index in [4.69, 9.17) is 4.74 Å². The zero-order chi connectivity index (χ0) is 23.9. The molecule has 1 aliphatic carbocycles. The molecule has 1 aromatic rings. The minimum Gasteiger partial charge on any atom is -0.508 e. The number of alkyl carbamates (subject to hydrolysis) is 1. The van der Waals surface area contributed by atoms with Gasteiger partial charge in [-0.2, -0.15) is 0 Å². The molecular weight excluding hydrogens is 410 g/mol. The van der Waals surface area contributed by atoms with Crippen molar-refractivity contribution in [2.75, 3.05) is 6.54 Å². The third kappa shape index (κ3) is 7.43. The van der Waals surface area contributed by atoms with Gasteiger partial charge in [-0.1, -0.05) is 25.5 Å². The van der Waals surface area contributed by atoms with E-state index in [1.165, 1.54) is 12.1 Å². The van der Waals surface area contributed by atoms with Crippen LogP contribution in [0.3, 0.4) is 0 Å². The Bertz CT molecular complexity index is 801. The van der Waals surface area contributed by atoms with Crippen molar-refractivity contribution in [1.29, 1.82) is 0 Å². The van der Waals surface area contributed by atoms with Crippen molar-refractivity contribution in [3.8, 4) is 5.75 Å². The molecular formula is C24H37N3O5. The Labute approximate surface area is 190 Å².